The Kier molecular flexibility index (Phi) is 3.15. The van der Waals surface area contributed by atoms with Gasteiger partial charge in [-0.3, -0.25) is 9.89 Å². The molecule has 0 spiro atoms. The number of aryl methyl sites for hydroxylation is 1. The van der Waals surface area contributed by atoms with Crippen LogP contribution in [0, 0.1) is 6.92 Å². The average molecular weight is 282 g/mol. The smallest absolute Gasteiger partial charge is 0.277 e. The van der Waals surface area contributed by atoms with Crippen molar-refractivity contribution in [3.05, 3.63) is 54.0 Å². The Morgan fingerprint density at radius 1 is 1.38 bits per heavy atom. The summed E-state index contributed by atoms with van der Waals surface area (Å²) in [5.41, 5.74) is 8.35. The van der Waals surface area contributed by atoms with Gasteiger partial charge in [-0.25, -0.2) is 4.68 Å². The van der Waals surface area contributed by atoms with Gasteiger partial charge in [0.05, 0.1) is 11.9 Å². The molecule has 1 amide bonds. The van der Waals surface area contributed by atoms with E-state index >= 15 is 0 Å². The highest BCUT2D eigenvalue weighted by Gasteiger charge is 2.12. The van der Waals surface area contributed by atoms with Crippen molar-refractivity contribution < 1.29 is 4.79 Å². The maximum atomic E-state index is 12.1. The minimum atomic E-state index is -0.301. The summed E-state index contributed by atoms with van der Waals surface area (Å²) < 4.78 is 1.60. The molecule has 3 aromatic rings. The van der Waals surface area contributed by atoms with E-state index in [-0.39, 0.29) is 5.91 Å². The molecule has 2 heterocycles. The van der Waals surface area contributed by atoms with Crippen LogP contribution in [0.3, 0.4) is 0 Å². The highest BCUT2D eigenvalue weighted by Crippen LogP contribution is 2.13. The van der Waals surface area contributed by atoms with Gasteiger partial charge >= 0.3 is 0 Å². The molecule has 106 valence electrons. The van der Waals surface area contributed by atoms with E-state index in [1.54, 1.807) is 35.3 Å². The van der Waals surface area contributed by atoms with Gasteiger partial charge in [0, 0.05) is 17.4 Å². The Morgan fingerprint density at radius 3 is 2.95 bits per heavy atom. The molecule has 21 heavy (non-hydrogen) atoms. The Hall–Kier alpha value is -3.09. The zero-order valence-corrected chi connectivity index (χ0v) is 11.4. The number of anilines is 2. The lowest BCUT2D eigenvalue weighted by atomic mass is 10.3. The number of H-pyrrole nitrogens is 1. The van der Waals surface area contributed by atoms with Crippen LogP contribution in [0.25, 0.3) is 5.69 Å². The third kappa shape index (κ3) is 2.62. The van der Waals surface area contributed by atoms with Gasteiger partial charge in [-0.2, -0.15) is 10.2 Å². The van der Waals surface area contributed by atoms with Crippen LogP contribution >= 0.6 is 0 Å². The number of hydrogen-bond donors (Lipinski definition) is 3. The van der Waals surface area contributed by atoms with Crippen molar-refractivity contribution >= 4 is 17.4 Å². The molecule has 0 fully saturated rings. The molecule has 0 saturated heterocycles. The monoisotopic (exact) mass is 282 g/mol. The van der Waals surface area contributed by atoms with E-state index < -0.39 is 0 Å². The second-order valence-electron chi connectivity index (χ2n) is 4.62. The first-order chi connectivity index (χ1) is 10.1. The molecular weight excluding hydrogens is 268 g/mol. The minimum absolute atomic E-state index is 0.301. The summed E-state index contributed by atoms with van der Waals surface area (Å²) >= 11 is 0. The second kappa shape index (κ2) is 5.12. The van der Waals surface area contributed by atoms with Crippen molar-refractivity contribution in [2.24, 2.45) is 0 Å². The number of nitrogens with zero attached hydrogens (tertiary/aromatic N) is 3. The Bertz CT molecular complexity index is 788. The molecule has 0 saturated carbocycles. The van der Waals surface area contributed by atoms with Crippen molar-refractivity contribution in [2.45, 2.75) is 6.92 Å². The Labute approximate surface area is 120 Å². The van der Waals surface area contributed by atoms with E-state index in [1.165, 1.54) is 0 Å². The van der Waals surface area contributed by atoms with Gasteiger partial charge in [0.1, 0.15) is 5.82 Å². The van der Waals surface area contributed by atoms with Crippen molar-refractivity contribution in [3.63, 3.8) is 0 Å². The van der Waals surface area contributed by atoms with Gasteiger partial charge in [0.15, 0.2) is 5.69 Å². The highest BCUT2D eigenvalue weighted by molar-refractivity contribution is 6.02. The SMILES string of the molecule is Cc1cn[nH]c1NC(=O)c1ccn(-c2cccc(N)c2)n1. The van der Waals surface area contributed by atoms with Crippen LogP contribution in [-0.4, -0.2) is 25.9 Å². The van der Waals surface area contributed by atoms with Gasteiger partial charge < -0.3 is 11.1 Å². The zero-order valence-electron chi connectivity index (χ0n) is 11.4. The maximum Gasteiger partial charge on any atom is 0.277 e. The largest absolute Gasteiger partial charge is 0.399 e. The van der Waals surface area contributed by atoms with Crippen LogP contribution in [0.15, 0.2) is 42.7 Å². The van der Waals surface area contributed by atoms with E-state index in [2.05, 4.69) is 20.6 Å². The summed E-state index contributed by atoms with van der Waals surface area (Å²) in [5.74, 6) is 0.267. The molecule has 0 aliphatic heterocycles. The number of rotatable bonds is 3. The standard InChI is InChI=1S/C14H14N6O/c1-9-8-16-18-13(9)17-14(21)12-5-6-20(19-12)11-4-2-3-10(15)7-11/h2-8H,15H2,1H3,(H2,16,17,18,21). The third-order valence-electron chi connectivity index (χ3n) is 3.02. The van der Waals surface area contributed by atoms with Gasteiger partial charge in [-0.15, -0.1) is 0 Å². The first-order valence-corrected chi connectivity index (χ1v) is 6.36. The molecule has 0 radical (unpaired) electrons. The number of nitrogens with two attached hydrogens (primary N) is 1. The molecule has 1 aromatic carbocycles. The number of aromatic amines is 1. The van der Waals surface area contributed by atoms with Crippen molar-refractivity contribution in [3.8, 4) is 5.69 Å². The molecule has 2 aromatic heterocycles. The Morgan fingerprint density at radius 2 is 2.24 bits per heavy atom. The number of benzene rings is 1. The Balaban J connectivity index is 1.82. The molecule has 0 bridgehead atoms. The maximum absolute atomic E-state index is 12.1. The normalized spacial score (nSPS) is 10.5. The third-order valence-corrected chi connectivity index (χ3v) is 3.02. The summed E-state index contributed by atoms with van der Waals surface area (Å²) in [6.07, 6.45) is 3.35. The van der Waals surface area contributed by atoms with Crippen LogP contribution in [-0.2, 0) is 0 Å². The zero-order chi connectivity index (χ0) is 14.8. The van der Waals surface area contributed by atoms with Gasteiger partial charge in [0.25, 0.3) is 5.91 Å². The molecular formula is C14H14N6O. The number of amides is 1. The lowest BCUT2D eigenvalue weighted by Gasteiger charge is -2.03. The molecule has 0 atom stereocenters. The first-order valence-electron chi connectivity index (χ1n) is 6.36. The fourth-order valence-corrected chi connectivity index (χ4v) is 1.91. The van der Waals surface area contributed by atoms with E-state index in [9.17, 15) is 4.79 Å². The molecule has 7 nitrogen and oxygen atoms in total. The minimum Gasteiger partial charge on any atom is -0.399 e. The number of nitrogens with one attached hydrogen (secondary N) is 2. The average Bonchev–Trinajstić information content (AvgIpc) is 3.09. The quantitative estimate of drug-likeness (QED) is 0.637. The number of nitrogen functional groups attached to an aromatic ring is 1. The summed E-state index contributed by atoms with van der Waals surface area (Å²) in [6, 6.07) is 8.92. The fourth-order valence-electron chi connectivity index (χ4n) is 1.91. The van der Waals surface area contributed by atoms with Crippen LogP contribution in [0.5, 0.6) is 0 Å². The van der Waals surface area contributed by atoms with Crippen molar-refractivity contribution in [1.29, 1.82) is 0 Å². The van der Waals surface area contributed by atoms with Crippen LogP contribution in [0.2, 0.25) is 0 Å². The van der Waals surface area contributed by atoms with E-state index in [0.717, 1.165) is 11.3 Å². The van der Waals surface area contributed by atoms with E-state index in [0.29, 0.717) is 17.2 Å². The topological polar surface area (TPSA) is 102 Å². The van der Waals surface area contributed by atoms with E-state index in [4.69, 9.17) is 5.73 Å². The highest BCUT2D eigenvalue weighted by atomic mass is 16.2. The van der Waals surface area contributed by atoms with Crippen LogP contribution in [0.4, 0.5) is 11.5 Å². The fraction of sp³-hybridized carbons (Fsp3) is 0.0714. The summed E-state index contributed by atoms with van der Waals surface area (Å²) in [4.78, 5) is 12.1. The van der Waals surface area contributed by atoms with Crippen LogP contribution < -0.4 is 11.1 Å². The van der Waals surface area contributed by atoms with Crippen molar-refractivity contribution in [1.82, 2.24) is 20.0 Å². The second-order valence-corrected chi connectivity index (χ2v) is 4.62. The molecule has 0 aliphatic carbocycles. The summed E-state index contributed by atoms with van der Waals surface area (Å²) in [7, 11) is 0. The van der Waals surface area contributed by atoms with Gasteiger partial charge in [-0.05, 0) is 31.2 Å². The summed E-state index contributed by atoms with van der Waals surface area (Å²) in [5, 5.41) is 13.5. The van der Waals surface area contributed by atoms with Gasteiger partial charge in [-0.1, -0.05) is 6.07 Å². The molecule has 0 unspecified atom stereocenters. The first kappa shape index (κ1) is 12.9. The number of aromatic nitrogens is 4. The number of carbonyl (C=O) groups is 1. The van der Waals surface area contributed by atoms with E-state index in [1.807, 2.05) is 19.1 Å². The van der Waals surface area contributed by atoms with Gasteiger partial charge in [0.2, 0.25) is 0 Å². The van der Waals surface area contributed by atoms with Crippen LogP contribution in [0.1, 0.15) is 16.1 Å². The molecule has 4 N–H and O–H groups in total. The molecule has 0 aliphatic rings. The molecule has 7 heteroatoms. The van der Waals surface area contributed by atoms with Crippen molar-refractivity contribution in [2.75, 3.05) is 11.1 Å². The lowest BCUT2D eigenvalue weighted by Crippen LogP contribution is -2.14. The number of hydrogen-bond acceptors (Lipinski definition) is 4. The predicted octanol–water partition coefficient (Wildman–Crippen LogP) is 1.74. The lowest BCUT2D eigenvalue weighted by molar-refractivity contribution is 0.102. The summed E-state index contributed by atoms with van der Waals surface area (Å²) in [6.45, 7) is 1.85. The number of carbonyl (C=O) groups excluding carboxylic acids is 1. The molecule has 3 rings (SSSR count). The predicted molar refractivity (Wildman–Crippen MR) is 79.3 cm³/mol.